The van der Waals surface area contributed by atoms with Gasteiger partial charge in [0.2, 0.25) is 0 Å². The van der Waals surface area contributed by atoms with Crippen molar-refractivity contribution in [3.8, 4) is 11.8 Å². The molecule has 3 aromatic carbocycles. The lowest BCUT2D eigenvalue weighted by molar-refractivity contribution is 0.0854. The van der Waals surface area contributed by atoms with Crippen LogP contribution in [-0.4, -0.2) is 31.1 Å². The fourth-order valence-electron chi connectivity index (χ4n) is 5.41. The first-order valence-corrected chi connectivity index (χ1v) is 13.7. The maximum Gasteiger partial charge on any atom is 0.124 e. The van der Waals surface area contributed by atoms with Crippen molar-refractivity contribution in [2.45, 2.75) is 26.2 Å². The smallest absolute Gasteiger partial charge is 0.124 e. The minimum absolute atomic E-state index is 0.360. The highest BCUT2D eigenvalue weighted by Crippen LogP contribution is 2.46. The van der Waals surface area contributed by atoms with Gasteiger partial charge in [-0.3, -0.25) is 4.90 Å². The summed E-state index contributed by atoms with van der Waals surface area (Å²) in [7, 11) is 0. The lowest BCUT2D eigenvalue weighted by atomic mass is 9.87. The standard InChI is InChI=1S/C32H29Cl2FN2O/c1-2-26(28-12-9-24(35)18-30(28)33)31(29-17-23-5-3-4-6-27(23)32(29)34)22-7-10-25(11-8-22)38-16-15-37-19-21(20-37)13-14-36/h3-12,18,21H,2,13,15-17,19-20H2,1H3/b31-26+. The molecule has 6 heteroatoms. The Labute approximate surface area is 233 Å². The van der Waals surface area contributed by atoms with Crippen LogP contribution in [0.2, 0.25) is 5.02 Å². The van der Waals surface area contributed by atoms with Gasteiger partial charge in [0.05, 0.1) is 16.1 Å². The Morgan fingerprint density at radius 1 is 1.08 bits per heavy atom. The van der Waals surface area contributed by atoms with Crippen molar-refractivity contribution in [3.05, 3.63) is 105 Å². The Bertz CT molecular complexity index is 1430. The molecule has 0 spiro atoms. The van der Waals surface area contributed by atoms with E-state index in [1.165, 1.54) is 17.7 Å². The maximum atomic E-state index is 13.9. The van der Waals surface area contributed by atoms with E-state index in [0.717, 1.165) is 63.8 Å². The molecular formula is C32H29Cl2FN2O. The van der Waals surface area contributed by atoms with E-state index in [0.29, 0.717) is 36.8 Å². The second kappa shape index (κ2) is 11.7. The Hall–Kier alpha value is -3.10. The third-order valence-corrected chi connectivity index (χ3v) is 8.08. The van der Waals surface area contributed by atoms with Crippen LogP contribution in [0.1, 0.15) is 42.0 Å². The molecule has 0 N–H and O–H groups in total. The zero-order valence-corrected chi connectivity index (χ0v) is 22.8. The molecule has 0 bridgehead atoms. The van der Waals surface area contributed by atoms with E-state index in [-0.39, 0.29) is 5.82 Å². The van der Waals surface area contributed by atoms with E-state index >= 15 is 0 Å². The van der Waals surface area contributed by atoms with Crippen LogP contribution in [0.25, 0.3) is 16.2 Å². The second-order valence-corrected chi connectivity index (χ2v) is 10.6. The molecule has 1 fully saturated rings. The lowest BCUT2D eigenvalue weighted by Gasteiger charge is -2.37. The number of halogens is 3. The molecule has 0 radical (unpaired) electrons. The van der Waals surface area contributed by atoms with Crippen molar-refractivity contribution in [3.63, 3.8) is 0 Å². The number of nitrogens with zero attached hydrogens (tertiary/aromatic N) is 2. The van der Waals surface area contributed by atoms with Crippen LogP contribution in [0, 0.1) is 23.1 Å². The average Bonchev–Trinajstić information content (AvgIpc) is 3.22. The minimum atomic E-state index is -0.360. The maximum absolute atomic E-state index is 13.9. The van der Waals surface area contributed by atoms with Crippen molar-refractivity contribution >= 4 is 39.4 Å². The minimum Gasteiger partial charge on any atom is -0.492 e. The molecule has 194 valence electrons. The Balaban J connectivity index is 1.44. The van der Waals surface area contributed by atoms with Crippen LogP contribution < -0.4 is 4.74 Å². The quantitative estimate of drug-likeness (QED) is 0.253. The second-order valence-electron chi connectivity index (χ2n) is 9.82. The normalized spacial score (nSPS) is 16.1. The van der Waals surface area contributed by atoms with Gasteiger partial charge in [0.15, 0.2) is 0 Å². The molecule has 1 aliphatic heterocycles. The first kappa shape index (κ1) is 26.5. The van der Waals surface area contributed by atoms with Crippen LogP contribution in [0.5, 0.6) is 5.75 Å². The highest BCUT2D eigenvalue weighted by molar-refractivity contribution is 6.51. The average molecular weight is 548 g/mol. The molecular weight excluding hydrogens is 518 g/mol. The molecule has 1 aliphatic carbocycles. The zero-order chi connectivity index (χ0) is 26.6. The number of allylic oxidation sites excluding steroid dienone is 3. The summed E-state index contributed by atoms with van der Waals surface area (Å²) >= 11 is 13.5. The van der Waals surface area contributed by atoms with Gasteiger partial charge in [0.1, 0.15) is 18.2 Å². The van der Waals surface area contributed by atoms with Gasteiger partial charge in [-0.25, -0.2) is 4.39 Å². The third-order valence-electron chi connectivity index (χ3n) is 7.33. The molecule has 1 heterocycles. The van der Waals surface area contributed by atoms with Gasteiger partial charge in [-0.15, -0.1) is 0 Å². The third kappa shape index (κ3) is 5.52. The number of fused-ring (bicyclic) bond motifs is 1. The molecule has 38 heavy (non-hydrogen) atoms. The van der Waals surface area contributed by atoms with E-state index < -0.39 is 0 Å². The highest BCUT2D eigenvalue weighted by Gasteiger charge is 2.27. The molecule has 2 aliphatic rings. The predicted molar refractivity (Wildman–Crippen MR) is 154 cm³/mol. The van der Waals surface area contributed by atoms with E-state index in [1.54, 1.807) is 6.07 Å². The fraction of sp³-hybridized carbons (Fsp3) is 0.281. The van der Waals surface area contributed by atoms with Gasteiger partial charge >= 0.3 is 0 Å². The number of benzene rings is 3. The molecule has 1 saturated heterocycles. The number of ether oxygens (including phenoxy) is 1. The first-order valence-electron chi connectivity index (χ1n) is 13.0. The van der Waals surface area contributed by atoms with Crippen LogP contribution in [0.3, 0.4) is 0 Å². The Morgan fingerprint density at radius 3 is 2.53 bits per heavy atom. The SMILES string of the molecule is CC/C(=C(\C1=C(Cl)c2ccccc2C1)c1ccc(OCCN2CC(CC#N)C2)cc1)c1ccc(F)cc1Cl. The van der Waals surface area contributed by atoms with Gasteiger partial charge in [-0.05, 0) is 75.6 Å². The zero-order valence-electron chi connectivity index (χ0n) is 21.3. The van der Waals surface area contributed by atoms with Crippen molar-refractivity contribution in [1.82, 2.24) is 4.90 Å². The largest absolute Gasteiger partial charge is 0.492 e. The van der Waals surface area contributed by atoms with Gasteiger partial charge in [0.25, 0.3) is 0 Å². The summed E-state index contributed by atoms with van der Waals surface area (Å²) in [5, 5.41) is 9.94. The summed E-state index contributed by atoms with van der Waals surface area (Å²) in [5.41, 5.74) is 7.15. The van der Waals surface area contributed by atoms with E-state index in [4.69, 9.17) is 33.2 Å². The molecule has 0 unspecified atom stereocenters. The lowest BCUT2D eigenvalue weighted by Crippen LogP contribution is -2.47. The Morgan fingerprint density at radius 2 is 1.84 bits per heavy atom. The highest BCUT2D eigenvalue weighted by atomic mass is 35.5. The van der Waals surface area contributed by atoms with Crippen LogP contribution in [0.4, 0.5) is 4.39 Å². The van der Waals surface area contributed by atoms with Crippen molar-refractivity contribution in [2.75, 3.05) is 26.2 Å². The summed E-state index contributed by atoms with van der Waals surface area (Å²) in [4.78, 5) is 2.31. The molecule has 0 aromatic heterocycles. The van der Waals surface area contributed by atoms with Crippen LogP contribution in [-0.2, 0) is 6.42 Å². The number of likely N-dealkylation sites (tertiary alicyclic amines) is 1. The molecule has 0 amide bonds. The van der Waals surface area contributed by atoms with Crippen molar-refractivity contribution < 1.29 is 9.13 Å². The fourth-order valence-corrected chi connectivity index (χ4v) is 6.04. The molecule has 3 aromatic rings. The molecule has 0 atom stereocenters. The summed E-state index contributed by atoms with van der Waals surface area (Å²) < 4.78 is 19.9. The molecule has 5 rings (SSSR count). The number of nitriles is 1. The van der Waals surface area contributed by atoms with Crippen molar-refractivity contribution in [1.29, 1.82) is 5.26 Å². The summed E-state index contributed by atoms with van der Waals surface area (Å²) in [6, 6.07) is 23.1. The number of hydrogen-bond donors (Lipinski definition) is 0. The van der Waals surface area contributed by atoms with Gasteiger partial charge in [-0.2, -0.15) is 5.26 Å². The predicted octanol–water partition coefficient (Wildman–Crippen LogP) is 8.23. The Kier molecular flexibility index (Phi) is 8.19. The monoisotopic (exact) mass is 546 g/mol. The van der Waals surface area contributed by atoms with Crippen LogP contribution >= 0.6 is 23.2 Å². The van der Waals surface area contributed by atoms with Gasteiger partial charge < -0.3 is 4.74 Å². The van der Waals surface area contributed by atoms with E-state index in [9.17, 15) is 4.39 Å². The van der Waals surface area contributed by atoms with Gasteiger partial charge in [0, 0.05) is 32.5 Å². The topological polar surface area (TPSA) is 36.3 Å². The van der Waals surface area contributed by atoms with E-state index in [1.807, 2.05) is 24.3 Å². The van der Waals surface area contributed by atoms with Crippen molar-refractivity contribution in [2.24, 2.45) is 5.92 Å². The summed E-state index contributed by atoms with van der Waals surface area (Å²) in [5.74, 6) is 0.936. The van der Waals surface area contributed by atoms with E-state index in [2.05, 4.69) is 42.2 Å². The summed E-state index contributed by atoms with van der Waals surface area (Å²) in [6.07, 6.45) is 2.04. The van der Waals surface area contributed by atoms with Crippen LogP contribution in [0.15, 0.2) is 72.3 Å². The summed E-state index contributed by atoms with van der Waals surface area (Å²) in [6.45, 7) is 5.46. The molecule has 3 nitrogen and oxygen atoms in total. The number of hydrogen-bond acceptors (Lipinski definition) is 3. The van der Waals surface area contributed by atoms with Gasteiger partial charge in [-0.1, -0.05) is 72.6 Å². The molecule has 0 saturated carbocycles. The first-order chi connectivity index (χ1) is 18.5. The number of rotatable bonds is 9.